The van der Waals surface area contributed by atoms with Crippen molar-refractivity contribution < 1.29 is 4.79 Å². The highest BCUT2D eigenvalue weighted by atomic mass is 16.2. The van der Waals surface area contributed by atoms with Gasteiger partial charge < -0.3 is 0 Å². The Morgan fingerprint density at radius 3 is 2.71 bits per heavy atom. The zero-order chi connectivity index (χ0) is 12.4. The van der Waals surface area contributed by atoms with Crippen LogP contribution in [0.15, 0.2) is 23.3 Å². The van der Waals surface area contributed by atoms with Gasteiger partial charge in [0.2, 0.25) is 0 Å². The van der Waals surface area contributed by atoms with Gasteiger partial charge in [-0.15, -0.1) is 0 Å². The van der Waals surface area contributed by atoms with Crippen molar-refractivity contribution in [2.45, 2.75) is 40.0 Å². The van der Waals surface area contributed by atoms with E-state index in [2.05, 4.69) is 25.9 Å². The number of nitrogens with zero attached hydrogens (tertiary/aromatic N) is 2. The normalized spacial score (nSPS) is 15.4. The monoisotopic (exact) mass is 230 g/mol. The van der Waals surface area contributed by atoms with Crippen LogP contribution in [0.4, 0.5) is 5.69 Å². The molecular formula is C14H18N2O. The average molecular weight is 230 g/mol. The van der Waals surface area contributed by atoms with Crippen molar-refractivity contribution in [1.82, 2.24) is 0 Å². The van der Waals surface area contributed by atoms with Crippen LogP contribution in [0.1, 0.15) is 37.3 Å². The molecule has 0 bridgehead atoms. The molecule has 90 valence electrons. The van der Waals surface area contributed by atoms with Gasteiger partial charge in [0.15, 0.2) is 0 Å². The third-order valence-corrected chi connectivity index (χ3v) is 3.11. The Morgan fingerprint density at radius 1 is 1.29 bits per heavy atom. The maximum atomic E-state index is 11.9. The van der Waals surface area contributed by atoms with Crippen molar-refractivity contribution in [1.29, 1.82) is 0 Å². The highest BCUT2D eigenvalue weighted by molar-refractivity contribution is 6.12. The number of rotatable bonds is 3. The van der Waals surface area contributed by atoms with Gasteiger partial charge in [0.05, 0.1) is 12.1 Å². The van der Waals surface area contributed by atoms with Crippen LogP contribution in [0.3, 0.4) is 0 Å². The molecule has 1 aliphatic rings. The first-order chi connectivity index (χ1) is 8.11. The van der Waals surface area contributed by atoms with Gasteiger partial charge in [-0.2, -0.15) is 5.10 Å². The van der Waals surface area contributed by atoms with E-state index in [0.29, 0.717) is 6.42 Å². The van der Waals surface area contributed by atoms with Crippen LogP contribution in [0.25, 0.3) is 0 Å². The number of hydrogen-bond donors (Lipinski definition) is 0. The molecule has 0 spiro atoms. The molecule has 1 aliphatic heterocycles. The molecule has 0 fully saturated rings. The quantitative estimate of drug-likeness (QED) is 0.784. The molecule has 1 aromatic carbocycles. The topological polar surface area (TPSA) is 32.7 Å². The van der Waals surface area contributed by atoms with Crippen LogP contribution in [0, 0.1) is 13.8 Å². The van der Waals surface area contributed by atoms with E-state index in [-0.39, 0.29) is 5.91 Å². The molecule has 1 aromatic rings. The maximum absolute atomic E-state index is 11.9. The lowest BCUT2D eigenvalue weighted by Gasteiger charge is -2.13. The van der Waals surface area contributed by atoms with Gasteiger partial charge in [0.1, 0.15) is 0 Å². The van der Waals surface area contributed by atoms with E-state index in [1.54, 1.807) is 0 Å². The fraction of sp³-hybridized carbons (Fsp3) is 0.429. The first-order valence-electron chi connectivity index (χ1n) is 6.08. The minimum absolute atomic E-state index is 0.0803. The number of carbonyl (C=O) groups is 1. The Bertz CT molecular complexity index is 477. The molecule has 1 amide bonds. The molecule has 0 radical (unpaired) electrons. The Hall–Kier alpha value is -1.64. The number of anilines is 1. The summed E-state index contributed by atoms with van der Waals surface area (Å²) in [6.45, 7) is 6.22. The Morgan fingerprint density at radius 2 is 2.06 bits per heavy atom. The fourth-order valence-electron chi connectivity index (χ4n) is 1.97. The predicted molar refractivity (Wildman–Crippen MR) is 70.4 cm³/mol. The van der Waals surface area contributed by atoms with Crippen molar-refractivity contribution in [3.8, 4) is 0 Å². The lowest BCUT2D eigenvalue weighted by molar-refractivity contribution is -0.116. The molecule has 3 nitrogen and oxygen atoms in total. The number of amides is 1. The highest BCUT2D eigenvalue weighted by Gasteiger charge is 2.24. The molecule has 0 aliphatic carbocycles. The van der Waals surface area contributed by atoms with Crippen LogP contribution in [-0.2, 0) is 4.79 Å². The maximum Gasteiger partial charge on any atom is 0.253 e. The highest BCUT2D eigenvalue weighted by Crippen LogP contribution is 2.24. The lowest BCUT2D eigenvalue weighted by atomic mass is 10.1. The second-order valence-electron chi connectivity index (χ2n) is 4.57. The van der Waals surface area contributed by atoms with Crippen LogP contribution in [0.2, 0.25) is 0 Å². The second kappa shape index (κ2) is 4.70. The molecule has 2 rings (SSSR count). The summed E-state index contributed by atoms with van der Waals surface area (Å²) in [6.07, 6.45) is 2.42. The number of carbonyl (C=O) groups excluding carboxylic acids is 1. The molecule has 0 unspecified atom stereocenters. The van der Waals surface area contributed by atoms with Gasteiger partial charge in [0, 0.05) is 5.71 Å². The average Bonchev–Trinajstić information content (AvgIpc) is 2.64. The molecule has 0 N–H and O–H groups in total. The van der Waals surface area contributed by atoms with Crippen molar-refractivity contribution in [3.05, 3.63) is 29.3 Å². The van der Waals surface area contributed by atoms with E-state index >= 15 is 0 Å². The summed E-state index contributed by atoms with van der Waals surface area (Å²) >= 11 is 0. The van der Waals surface area contributed by atoms with Crippen LogP contribution >= 0.6 is 0 Å². The summed E-state index contributed by atoms with van der Waals surface area (Å²) in [5.41, 5.74) is 4.30. The summed E-state index contributed by atoms with van der Waals surface area (Å²) in [5, 5.41) is 5.94. The van der Waals surface area contributed by atoms with E-state index in [1.807, 2.05) is 18.2 Å². The zero-order valence-corrected chi connectivity index (χ0v) is 10.7. The second-order valence-corrected chi connectivity index (χ2v) is 4.57. The molecule has 0 saturated carbocycles. The van der Waals surface area contributed by atoms with Crippen molar-refractivity contribution in [3.63, 3.8) is 0 Å². The van der Waals surface area contributed by atoms with Crippen molar-refractivity contribution in [2.75, 3.05) is 5.01 Å². The van der Waals surface area contributed by atoms with Gasteiger partial charge in [-0.3, -0.25) is 4.79 Å². The van der Waals surface area contributed by atoms with Crippen molar-refractivity contribution in [2.24, 2.45) is 5.10 Å². The van der Waals surface area contributed by atoms with Gasteiger partial charge in [0.25, 0.3) is 5.91 Å². The number of hydrogen-bond acceptors (Lipinski definition) is 2. The van der Waals surface area contributed by atoms with E-state index in [4.69, 9.17) is 0 Å². The SMILES string of the molecule is CCCC1=NN(c2ccc(C)c(C)c2)C(=O)C1. The van der Waals surface area contributed by atoms with Crippen LogP contribution in [-0.4, -0.2) is 11.6 Å². The smallest absolute Gasteiger partial charge is 0.253 e. The first kappa shape index (κ1) is 11.8. The van der Waals surface area contributed by atoms with Gasteiger partial charge >= 0.3 is 0 Å². The third kappa shape index (κ3) is 2.38. The lowest BCUT2D eigenvalue weighted by Crippen LogP contribution is -2.19. The summed E-state index contributed by atoms with van der Waals surface area (Å²) in [4.78, 5) is 11.9. The van der Waals surface area contributed by atoms with Crippen LogP contribution < -0.4 is 5.01 Å². The molecule has 17 heavy (non-hydrogen) atoms. The molecular weight excluding hydrogens is 212 g/mol. The molecule has 0 saturated heterocycles. The minimum Gasteiger partial charge on any atom is -0.272 e. The van der Waals surface area contributed by atoms with E-state index in [1.165, 1.54) is 16.1 Å². The van der Waals surface area contributed by atoms with Crippen LogP contribution in [0.5, 0.6) is 0 Å². The standard InChI is InChI=1S/C14H18N2O/c1-4-5-12-9-14(17)16(15-12)13-7-6-10(2)11(3)8-13/h6-8H,4-5,9H2,1-3H3. The van der Waals surface area contributed by atoms with Crippen molar-refractivity contribution >= 4 is 17.3 Å². The largest absolute Gasteiger partial charge is 0.272 e. The molecule has 3 heteroatoms. The number of aryl methyl sites for hydroxylation is 2. The Balaban J connectivity index is 2.27. The minimum atomic E-state index is 0.0803. The summed E-state index contributed by atoms with van der Waals surface area (Å²) in [7, 11) is 0. The molecule has 0 aromatic heterocycles. The zero-order valence-electron chi connectivity index (χ0n) is 10.7. The summed E-state index contributed by atoms with van der Waals surface area (Å²) in [5.74, 6) is 0.0803. The summed E-state index contributed by atoms with van der Waals surface area (Å²) < 4.78 is 0. The van der Waals surface area contributed by atoms with Gasteiger partial charge in [-0.25, -0.2) is 5.01 Å². The first-order valence-corrected chi connectivity index (χ1v) is 6.08. The fourth-order valence-corrected chi connectivity index (χ4v) is 1.97. The Kier molecular flexibility index (Phi) is 3.27. The van der Waals surface area contributed by atoms with E-state index < -0.39 is 0 Å². The molecule has 0 atom stereocenters. The van der Waals surface area contributed by atoms with Gasteiger partial charge in [-0.05, 0) is 43.5 Å². The third-order valence-electron chi connectivity index (χ3n) is 3.11. The van der Waals surface area contributed by atoms with E-state index in [0.717, 1.165) is 24.2 Å². The number of hydrazone groups is 1. The van der Waals surface area contributed by atoms with Gasteiger partial charge in [-0.1, -0.05) is 19.4 Å². The Labute approximate surface area is 102 Å². The molecule has 1 heterocycles. The predicted octanol–water partition coefficient (Wildman–Crippen LogP) is 3.20. The summed E-state index contributed by atoms with van der Waals surface area (Å²) in [6, 6.07) is 6.01. The van der Waals surface area contributed by atoms with E-state index in [9.17, 15) is 4.79 Å². The number of benzene rings is 1.